The molecule has 0 atom stereocenters. The van der Waals surface area contributed by atoms with Gasteiger partial charge in [-0.25, -0.2) is 16.8 Å². The Labute approximate surface area is 129 Å². The second-order valence-corrected chi connectivity index (χ2v) is 8.24. The fourth-order valence-electron chi connectivity index (χ4n) is 1.73. The van der Waals surface area contributed by atoms with Crippen LogP contribution in [0.1, 0.15) is 5.56 Å². The molecule has 114 valence electrons. The van der Waals surface area contributed by atoms with Crippen molar-refractivity contribution in [1.29, 1.82) is 5.26 Å². The Kier molecular flexibility index (Phi) is 4.21. The lowest BCUT2D eigenvalue weighted by atomic mass is 10.2. The number of benzene rings is 2. The number of sulfone groups is 1. The summed E-state index contributed by atoms with van der Waals surface area (Å²) < 4.78 is 49.5. The van der Waals surface area contributed by atoms with Crippen LogP contribution in [0.2, 0.25) is 0 Å². The van der Waals surface area contributed by atoms with E-state index in [1.165, 1.54) is 36.4 Å². The van der Waals surface area contributed by atoms with Gasteiger partial charge in [0.15, 0.2) is 9.84 Å². The van der Waals surface area contributed by atoms with Gasteiger partial charge in [0.2, 0.25) is 0 Å². The Balaban J connectivity index is 2.33. The van der Waals surface area contributed by atoms with Crippen molar-refractivity contribution in [1.82, 2.24) is 0 Å². The van der Waals surface area contributed by atoms with Crippen molar-refractivity contribution < 1.29 is 16.8 Å². The summed E-state index contributed by atoms with van der Waals surface area (Å²) in [4.78, 5) is -0.0276. The van der Waals surface area contributed by atoms with Crippen molar-refractivity contribution >= 4 is 25.5 Å². The third-order valence-corrected chi connectivity index (χ3v) is 5.33. The smallest absolute Gasteiger partial charge is 0.261 e. The van der Waals surface area contributed by atoms with Crippen molar-refractivity contribution in [2.24, 2.45) is 0 Å². The highest BCUT2D eigenvalue weighted by Crippen LogP contribution is 2.19. The van der Waals surface area contributed by atoms with Crippen LogP contribution in [0.3, 0.4) is 0 Å². The molecular formula is C14H12N2O4S2. The highest BCUT2D eigenvalue weighted by atomic mass is 32.2. The molecule has 0 fully saturated rings. The summed E-state index contributed by atoms with van der Waals surface area (Å²) in [7, 11) is -7.24. The van der Waals surface area contributed by atoms with E-state index in [1.807, 2.05) is 6.07 Å². The van der Waals surface area contributed by atoms with E-state index in [4.69, 9.17) is 5.26 Å². The Bertz CT molecular complexity index is 941. The minimum Gasteiger partial charge on any atom is -0.280 e. The molecule has 0 saturated heterocycles. The van der Waals surface area contributed by atoms with Crippen LogP contribution in [0.15, 0.2) is 58.3 Å². The van der Waals surface area contributed by atoms with Crippen LogP contribution in [0.5, 0.6) is 0 Å². The van der Waals surface area contributed by atoms with Crippen molar-refractivity contribution in [3.63, 3.8) is 0 Å². The molecule has 0 unspecified atom stereocenters. The maximum atomic E-state index is 12.2. The van der Waals surface area contributed by atoms with Gasteiger partial charge in [0, 0.05) is 6.26 Å². The van der Waals surface area contributed by atoms with Crippen molar-refractivity contribution in [2.75, 3.05) is 11.0 Å². The summed E-state index contributed by atoms with van der Waals surface area (Å²) >= 11 is 0. The number of nitrogens with zero attached hydrogens (tertiary/aromatic N) is 1. The Morgan fingerprint density at radius 1 is 0.955 bits per heavy atom. The lowest BCUT2D eigenvalue weighted by Gasteiger charge is -2.08. The molecule has 0 bridgehead atoms. The standard InChI is InChI=1S/C14H12N2O4S2/c1-21(17,18)13-5-7-14(8-6-13)22(19,20)16-12-4-2-3-11(9-12)10-15/h2-9,16H,1H3. The summed E-state index contributed by atoms with van der Waals surface area (Å²) in [6.07, 6.45) is 1.04. The van der Waals surface area contributed by atoms with Gasteiger partial charge in [0.1, 0.15) is 0 Å². The predicted molar refractivity (Wildman–Crippen MR) is 81.5 cm³/mol. The Morgan fingerprint density at radius 3 is 2.09 bits per heavy atom. The van der Waals surface area contributed by atoms with Crippen LogP contribution in [0.4, 0.5) is 5.69 Å². The molecule has 0 aliphatic carbocycles. The van der Waals surface area contributed by atoms with Gasteiger partial charge in [0.05, 0.1) is 27.1 Å². The van der Waals surface area contributed by atoms with E-state index >= 15 is 0 Å². The number of hydrogen-bond donors (Lipinski definition) is 1. The number of anilines is 1. The average Bonchev–Trinajstić information content (AvgIpc) is 2.46. The van der Waals surface area contributed by atoms with Gasteiger partial charge in [-0.3, -0.25) is 4.72 Å². The van der Waals surface area contributed by atoms with Gasteiger partial charge < -0.3 is 0 Å². The first-order valence-corrected chi connectivity index (χ1v) is 9.43. The minimum absolute atomic E-state index is 0.0397. The molecule has 0 aromatic heterocycles. The number of hydrogen-bond acceptors (Lipinski definition) is 5. The lowest BCUT2D eigenvalue weighted by Crippen LogP contribution is -2.13. The van der Waals surface area contributed by atoms with Crippen LogP contribution in [-0.4, -0.2) is 23.1 Å². The molecule has 2 aromatic rings. The molecule has 8 heteroatoms. The minimum atomic E-state index is -3.85. The second-order valence-electron chi connectivity index (χ2n) is 4.54. The molecule has 2 aromatic carbocycles. The van der Waals surface area contributed by atoms with Crippen molar-refractivity contribution in [3.8, 4) is 6.07 Å². The Morgan fingerprint density at radius 2 is 1.55 bits per heavy atom. The average molecular weight is 336 g/mol. The summed E-state index contributed by atoms with van der Waals surface area (Å²) in [5.74, 6) is 0. The van der Waals surface area contributed by atoms with E-state index in [0.717, 1.165) is 6.26 Å². The molecule has 0 aliphatic heterocycles. The molecule has 22 heavy (non-hydrogen) atoms. The topological polar surface area (TPSA) is 104 Å². The molecule has 0 radical (unpaired) electrons. The first-order chi connectivity index (χ1) is 10.2. The van der Waals surface area contributed by atoms with Gasteiger partial charge in [-0.05, 0) is 42.5 Å². The second kappa shape index (κ2) is 5.79. The van der Waals surface area contributed by atoms with E-state index < -0.39 is 19.9 Å². The van der Waals surface area contributed by atoms with Crippen LogP contribution >= 0.6 is 0 Å². The third kappa shape index (κ3) is 3.63. The van der Waals surface area contributed by atoms with Gasteiger partial charge in [-0.2, -0.15) is 5.26 Å². The molecule has 2 rings (SSSR count). The lowest BCUT2D eigenvalue weighted by molar-refractivity contribution is 0.597. The summed E-state index contributed by atoms with van der Waals surface area (Å²) in [5.41, 5.74) is 0.582. The largest absolute Gasteiger partial charge is 0.280 e. The maximum absolute atomic E-state index is 12.2. The molecule has 0 saturated carbocycles. The number of nitriles is 1. The SMILES string of the molecule is CS(=O)(=O)c1ccc(S(=O)(=O)Nc2cccc(C#N)c2)cc1. The van der Waals surface area contributed by atoms with E-state index in [0.29, 0.717) is 5.56 Å². The molecule has 0 aliphatic rings. The van der Waals surface area contributed by atoms with Crippen molar-refractivity contribution in [3.05, 3.63) is 54.1 Å². The van der Waals surface area contributed by atoms with E-state index in [2.05, 4.69) is 4.72 Å². The van der Waals surface area contributed by atoms with Crippen LogP contribution in [0, 0.1) is 11.3 Å². The third-order valence-electron chi connectivity index (χ3n) is 2.81. The van der Waals surface area contributed by atoms with Crippen LogP contribution in [-0.2, 0) is 19.9 Å². The quantitative estimate of drug-likeness (QED) is 0.916. The van der Waals surface area contributed by atoms with E-state index in [9.17, 15) is 16.8 Å². The van der Waals surface area contributed by atoms with Gasteiger partial charge in [-0.1, -0.05) is 6.07 Å². The molecular weight excluding hydrogens is 324 g/mol. The number of sulfonamides is 1. The highest BCUT2D eigenvalue weighted by molar-refractivity contribution is 7.92. The van der Waals surface area contributed by atoms with Crippen LogP contribution < -0.4 is 4.72 Å². The van der Waals surface area contributed by atoms with E-state index in [1.54, 1.807) is 12.1 Å². The molecule has 6 nitrogen and oxygen atoms in total. The number of rotatable bonds is 4. The first kappa shape index (κ1) is 16.0. The van der Waals surface area contributed by atoms with Crippen LogP contribution in [0.25, 0.3) is 0 Å². The Hall–Kier alpha value is -2.37. The van der Waals surface area contributed by atoms with E-state index in [-0.39, 0.29) is 15.5 Å². The van der Waals surface area contributed by atoms with Gasteiger partial charge in [-0.15, -0.1) is 0 Å². The van der Waals surface area contributed by atoms with Gasteiger partial charge >= 0.3 is 0 Å². The zero-order valence-electron chi connectivity index (χ0n) is 11.5. The zero-order chi connectivity index (χ0) is 16.4. The maximum Gasteiger partial charge on any atom is 0.261 e. The predicted octanol–water partition coefficient (Wildman–Crippen LogP) is 1.76. The fraction of sp³-hybridized carbons (Fsp3) is 0.0714. The first-order valence-electron chi connectivity index (χ1n) is 6.05. The zero-order valence-corrected chi connectivity index (χ0v) is 13.1. The molecule has 0 amide bonds. The van der Waals surface area contributed by atoms with Crippen molar-refractivity contribution in [2.45, 2.75) is 9.79 Å². The molecule has 0 heterocycles. The number of nitrogens with one attached hydrogen (secondary N) is 1. The molecule has 0 spiro atoms. The summed E-state index contributed by atoms with van der Waals surface area (Å²) in [6, 6.07) is 12.8. The highest BCUT2D eigenvalue weighted by Gasteiger charge is 2.16. The fourth-order valence-corrected chi connectivity index (χ4v) is 3.41. The summed E-state index contributed by atoms with van der Waals surface area (Å²) in [6.45, 7) is 0. The molecule has 1 N–H and O–H groups in total. The van der Waals surface area contributed by atoms with Gasteiger partial charge in [0.25, 0.3) is 10.0 Å². The monoisotopic (exact) mass is 336 g/mol. The summed E-state index contributed by atoms with van der Waals surface area (Å²) in [5, 5.41) is 8.80. The normalized spacial score (nSPS) is 11.6.